The normalized spacial score (nSPS) is 11.3. The van der Waals surface area contributed by atoms with Crippen LogP contribution in [0.5, 0.6) is 0 Å². The summed E-state index contributed by atoms with van der Waals surface area (Å²) in [6, 6.07) is 6.13. The second kappa shape index (κ2) is 6.82. The lowest BCUT2D eigenvalue weighted by molar-refractivity contribution is 0.102. The number of carbonyl (C=O) groups is 1. The molecule has 0 radical (unpaired) electrons. The fraction of sp³-hybridized carbons (Fsp3) is 0.0769. The zero-order chi connectivity index (χ0) is 18.0. The number of rotatable bonds is 5. The van der Waals surface area contributed by atoms with E-state index in [4.69, 9.17) is 0 Å². The number of amides is 1. The number of anilines is 2. The van der Waals surface area contributed by atoms with Gasteiger partial charge < -0.3 is 0 Å². The van der Waals surface area contributed by atoms with Crippen molar-refractivity contribution < 1.29 is 17.6 Å². The van der Waals surface area contributed by atoms with Gasteiger partial charge in [0.1, 0.15) is 16.5 Å². The van der Waals surface area contributed by atoms with Crippen LogP contribution in [0.1, 0.15) is 10.5 Å². The number of hydrogen-bond donors (Lipinski definition) is 2. The molecular weight excluding hydrogens is 389 g/mol. The highest BCUT2D eigenvalue weighted by atomic mass is 32.2. The van der Waals surface area contributed by atoms with E-state index in [1.54, 1.807) is 18.2 Å². The van der Waals surface area contributed by atoms with Gasteiger partial charge in [0.2, 0.25) is 20.3 Å². The molecular formula is C13H10FN5O3S3. The standard InChI is InChI=1S/C13H10FN5O3S3/c1-25(21,22)19-13-18-17-12(24-13)16-10(20)9-6-23-11(15-9)7-4-2-3-5-8(7)14/h2-6H,1H3,(H,18,19)(H,16,17,20). The molecule has 25 heavy (non-hydrogen) atoms. The molecule has 3 aromatic rings. The van der Waals surface area contributed by atoms with Crippen molar-refractivity contribution in [3.63, 3.8) is 0 Å². The number of hydrogen-bond acceptors (Lipinski definition) is 8. The highest BCUT2D eigenvalue weighted by molar-refractivity contribution is 7.92. The monoisotopic (exact) mass is 399 g/mol. The van der Waals surface area contributed by atoms with Crippen LogP contribution >= 0.6 is 22.7 Å². The molecule has 1 amide bonds. The average Bonchev–Trinajstić information content (AvgIpc) is 3.16. The van der Waals surface area contributed by atoms with Gasteiger partial charge in [0, 0.05) is 10.9 Å². The van der Waals surface area contributed by atoms with E-state index in [2.05, 4.69) is 25.2 Å². The Labute approximate surface area is 149 Å². The number of benzene rings is 1. The van der Waals surface area contributed by atoms with Gasteiger partial charge in [-0.25, -0.2) is 17.8 Å². The zero-order valence-electron chi connectivity index (χ0n) is 12.6. The zero-order valence-corrected chi connectivity index (χ0v) is 15.0. The van der Waals surface area contributed by atoms with Gasteiger partial charge in [-0.15, -0.1) is 21.5 Å². The summed E-state index contributed by atoms with van der Waals surface area (Å²) < 4.78 is 38.2. The van der Waals surface area contributed by atoms with Crippen molar-refractivity contribution in [3.8, 4) is 10.6 Å². The Morgan fingerprint density at radius 2 is 1.92 bits per heavy atom. The second-order valence-electron chi connectivity index (χ2n) is 4.76. The van der Waals surface area contributed by atoms with Gasteiger partial charge in [-0.3, -0.25) is 14.8 Å². The fourth-order valence-corrected chi connectivity index (χ4v) is 4.07. The Balaban J connectivity index is 1.73. The van der Waals surface area contributed by atoms with Crippen LogP contribution in [0.2, 0.25) is 0 Å². The highest BCUT2D eigenvalue weighted by Gasteiger charge is 2.16. The summed E-state index contributed by atoms with van der Waals surface area (Å²) in [5.41, 5.74) is 0.401. The minimum Gasteiger partial charge on any atom is -0.295 e. The van der Waals surface area contributed by atoms with Crippen LogP contribution in [0.3, 0.4) is 0 Å². The van der Waals surface area contributed by atoms with Crippen molar-refractivity contribution in [1.82, 2.24) is 15.2 Å². The van der Waals surface area contributed by atoms with E-state index < -0.39 is 21.7 Å². The molecule has 0 aliphatic carbocycles. The van der Waals surface area contributed by atoms with Crippen molar-refractivity contribution in [2.24, 2.45) is 0 Å². The summed E-state index contributed by atoms with van der Waals surface area (Å²) in [6.07, 6.45) is 0.978. The van der Waals surface area contributed by atoms with E-state index >= 15 is 0 Å². The molecule has 2 heterocycles. The molecule has 0 aliphatic rings. The first-order chi connectivity index (χ1) is 11.8. The molecule has 3 rings (SSSR count). The first kappa shape index (κ1) is 17.4. The Morgan fingerprint density at radius 3 is 2.64 bits per heavy atom. The predicted octanol–water partition coefficient (Wildman–Crippen LogP) is 2.42. The van der Waals surface area contributed by atoms with Gasteiger partial charge in [0.25, 0.3) is 5.91 Å². The third kappa shape index (κ3) is 4.35. The smallest absolute Gasteiger partial charge is 0.276 e. The topological polar surface area (TPSA) is 114 Å². The van der Waals surface area contributed by atoms with E-state index in [1.165, 1.54) is 11.4 Å². The SMILES string of the molecule is CS(=O)(=O)Nc1nnc(NC(=O)c2csc(-c3ccccc3F)n2)s1. The van der Waals surface area contributed by atoms with Gasteiger partial charge in [-0.2, -0.15) is 0 Å². The number of sulfonamides is 1. The molecule has 0 fully saturated rings. The van der Waals surface area contributed by atoms with Gasteiger partial charge in [-0.1, -0.05) is 23.5 Å². The summed E-state index contributed by atoms with van der Waals surface area (Å²) >= 11 is 1.99. The minimum absolute atomic E-state index is 0.0307. The van der Waals surface area contributed by atoms with Crippen LogP contribution in [0.25, 0.3) is 10.6 Å². The van der Waals surface area contributed by atoms with Crippen LogP contribution in [0, 0.1) is 5.82 Å². The minimum atomic E-state index is -3.48. The summed E-state index contributed by atoms with van der Waals surface area (Å²) in [5, 5.41) is 11.8. The first-order valence-electron chi connectivity index (χ1n) is 6.65. The summed E-state index contributed by atoms with van der Waals surface area (Å²) in [7, 11) is -3.48. The van der Waals surface area contributed by atoms with Crippen LogP contribution in [-0.2, 0) is 10.0 Å². The molecule has 0 aliphatic heterocycles. The Hall–Kier alpha value is -2.44. The molecule has 2 aromatic heterocycles. The third-order valence-electron chi connectivity index (χ3n) is 2.76. The Bertz CT molecular complexity index is 1030. The Kier molecular flexibility index (Phi) is 4.74. The van der Waals surface area contributed by atoms with Gasteiger partial charge >= 0.3 is 0 Å². The number of halogens is 1. The van der Waals surface area contributed by atoms with Crippen LogP contribution in [0.4, 0.5) is 14.7 Å². The van der Waals surface area contributed by atoms with Crippen molar-refractivity contribution in [2.75, 3.05) is 16.3 Å². The van der Waals surface area contributed by atoms with Crippen molar-refractivity contribution >= 4 is 48.9 Å². The van der Waals surface area contributed by atoms with E-state index in [0.717, 1.165) is 28.9 Å². The number of nitrogens with one attached hydrogen (secondary N) is 2. The molecule has 0 spiro atoms. The highest BCUT2D eigenvalue weighted by Crippen LogP contribution is 2.27. The van der Waals surface area contributed by atoms with E-state index in [-0.39, 0.29) is 16.0 Å². The van der Waals surface area contributed by atoms with Gasteiger partial charge in [0.05, 0.1) is 6.26 Å². The lowest BCUT2D eigenvalue weighted by Gasteiger charge is -1.98. The predicted molar refractivity (Wildman–Crippen MR) is 93.8 cm³/mol. The molecule has 0 bridgehead atoms. The Morgan fingerprint density at radius 1 is 1.20 bits per heavy atom. The molecule has 0 unspecified atom stereocenters. The van der Waals surface area contributed by atoms with Crippen LogP contribution in [0.15, 0.2) is 29.6 Å². The summed E-state index contributed by atoms with van der Waals surface area (Å²) in [5.74, 6) is -0.981. The van der Waals surface area contributed by atoms with Crippen molar-refractivity contribution in [2.45, 2.75) is 0 Å². The first-order valence-corrected chi connectivity index (χ1v) is 10.2. The number of carbonyl (C=O) groups excluding carboxylic acids is 1. The van der Waals surface area contributed by atoms with Crippen LogP contribution < -0.4 is 10.0 Å². The van der Waals surface area contributed by atoms with Gasteiger partial charge in [0.15, 0.2) is 0 Å². The van der Waals surface area contributed by atoms with Crippen molar-refractivity contribution in [1.29, 1.82) is 0 Å². The number of thiazole rings is 1. The lowest BCUT2D eigenvalue weighted by atomic mass is 10.2. The maximum absolute atomic E-state index is 13.8. The molecule has 12 heteroatoms. The largest absolute Gasteiger partial charge is 0.295 e. The molecule has 0 atom stereocenters. The fourth-order valence-electron chi connectivity index (χ4n) is 1.77. The second-order valence-corrected chi connectivity index (χ2v) is 8.34. The van der Waals surface area contributed by atoms with Crippen molar-refractivity contribution in [3.05, 3.63) is 41.2 Å². The molecule has 1 aromatic carbocycles. The number of nitrogens with zero attached hydrogens (tertiary/aromatic N) is 3. The van der Waals surface area contributed by atoms with Gasteiger partial charge in [-0.05, 0) is 12.1 Å². The molecule has 8 nitrogen and oxygen atoms in total. The van der Waals surface area contributed by atoms with E-state index in [0.29, 0.717) is 10.6 Å². The maximum atomic E-state index is 13.8. The quantitative estimate of drug-likeness (QED) is 0.681. The maximum Gasteiger partial charge on any atom is 0.276 e. The number of aromatic nitrogens is 3. The summed E-state index contributed by atoms with van der Waals surface area (Å²) in [4.78, 5) is 16.3. The average molecular weight is 399 g/mol. The molecule has 130 valence electrons. The van der Waals surface area contributed by atoms with E-state index in [9.17, 15) is 17.6 Å². The lowest BCUT2D eigenvalue weighted by Crippen LogP contribution is -2.12. The summed E-state index contributed by atoms with van der Waals surface area (Å²) in [6.45, 7) is 0. The molecule has 0 saturated heterocycles. The van der Waals surface area contributed by atoms with E-state index in [1.807, 2.05) is 0 Å². The molecule has 2 N–H and O–H groups in total. The third-order valence-corrected chi connectivity index (χ3v) is 5.08. The van der Waals surface area contributed by atoms with Crippen LogP contribution in [-0.4, -0.2) is 35.8 Å². The molecule has 0 saturated carbocycles.